The maximum absolute atomic E-state index is 12.1. The molecule has 1 aromatic rings. The van der Waals surface area contributed by atoms with E-state index in [1.165, 1.54) is 9.80 Å². The minimum Gasteiger partial charge on any atom is -0.790 e. The van der Waals surface area contributed by atoms with Crippen molar-refractivity contribution < 1.29 is 47.6 Å². The van der Waals surface area contributed by atoms with Crippen LogP contribution in [0.4, 0.5) is 17.5 Å². The van der Waals surface area contributed by atoms with Gasteiger partial charge in [-0.3, -0.25) is 18.7 Å². The highest BCUT2D eigenvalue weighted by molar-refractivity contribution is 7.58. The Morgan fingerprint density at radius 1 is 1.34 bits per heavy atom. The van der Waals surface area contributed by atoms with E-state index >= 15 is 0 Å². The number of ether oxygens (including phenoxy) is 1. The first kappa shape index (κ1) is 22.1. The zero-order valence-corrected chi connectivity index (χ0v) is 16.4. The number of rotatable bonds is 6. The first-order valence-corrected chi connectivity index (χ1v) is 10.8. The number of hydrogen-bond acceptors (Lipinski definition) is 15. The maximum atomic E-state index is 12.1. The van der Waals surface area contributed by atoms with Crippen molar-refractivity contribution in [2.45, 2.75) is 24.5 Å². The largest absolute Gasteiger partial charge is 0.790 e. The fourth-order valence-electron chi connectivity index (χ4n) is 3.02. The van der Waals surface area contributed by atoms with Gasteiger partial charge < -0.3 is 54.3 Å². The van der Waals surface area contributed by atoms with E-state index in [-0.39, 0.29) is 24.1 Å². The Morgan fingerprint density at radius 3 is 2.62 bits per heavy atom. The zero-order valence-electron chi connectivity index (χ0n) is 14.6. The molecule has 0 radical (unpaired) electrons. The lowest BCUT2D eigenvalue weighted by atomic mass is 10.1. The summed E-state index contributed by atoms with van der Waals surface area (Å²) in [7, 11) is -9.86. The minimum absolute atomic E-state index is 0.00952. The van der Waals surface area contributed by atoms with Crippen molar-refractivity contribution >= 4 is 33.1 Å². The van der Waals surface area contributed by atoms with Gasteiger partial charge in [0, 0.05) is 7.05 Å². The third kappa shape index (κ3) is 4.62. The van der Waals surface area contributed by atoms with E-state index in [0.717, 1.165) is 0 Å². The number of fused-ring (bicyclic) bond motifs is 1. The fourth-order valence-corrected chi connectivity index (χ4v) is 4.52. The molecule has 0 aliphatic carbocycles. The van der Waals surface area contributed by atoms with Crippen molar-refractivity contribution in [1.29, 1.82) is 0 Å². The molecule has 16 nitrogen and oxygen atoms in total. The first-order chi connectivity index (χ1) is 13.3. The van der Waals surface area contributed by atoms with Gasteiger partial charge in [0.05, 0.1) is 21.1 Å². The highest BCUT2D eigenvalue weighted by Gasteiger charge is 2.48. The average Bonchev–Trinajstić information content (AvgIpc) is 3.01. The number of nitrogens with one attached hydrogen (secondary N) is 1. The summed E-state index contributed by atoms with van der Waals surface area (Å²) in [6, 6.07) is 0. The molecule has 5 N–H and O–H groups in total. The van der Waals surface area contributed by atoms with Crippen LogP contribution in [0.1, 0.15) is 0 Å². The van der Waals surface area contributed by atoms with Gasteiger partial charge in [0.15, 0.2) is 12.0 Å². The lowest BCUT2D eigenvalue weighted by Gasteiger charge is -2.35. The van der Waals surface area contributed by atoms with Crippen LogP contribution in [-0.4, -0.2) is 65.0 Å². The predicted molar refractivity (Wildman–Crippen MR) is 87.9 cm³/mol. The Hall–Kier alpha value is -1.58. The smallest absolute Gasteiger partial charge is 0.278 e. The number of anilines is 3. The van der Waals surface area contributed by atoms with E-state index in [1.54, 1.807) is 7.05 Å². The van der Waals surface area contributed by atoms with Crippen molar-refractivity contribution in [1.82, 2.24) is 9.97 Å². The summed E-state index contributed by atoms with van der Waals surface area (Å²) < 4.78 is 34.7. The Bertz CT molecular complexity index is 936. The third-order valence-corrected chi connectivity index (χ3v) is 6.22. The van der Waals surface area contributed by atoms with E-state index in [9.17, 15) is 38.8 Å². The monoisotopic (exact) mass is 456 g/mol. The summed E-state index contributed by atoms with van der Waals surface area (Å²) in [6.07, 6.45) is -6.00. The van der Waals surface area contributed by atoms with Crippen molar-refractivity contribution in [3.8, 4) is 0 Å². The highest BCUT2D eigenvalue weighted by Crippen LogP contribution is 2.50. The van der Waals surface area contributed by atoms with Crippen LogP contribution < -0.4 is 35.8 Å². The second-order valence-corrected chi connectivity index (χ2v) is 8.95. The molecule has 1 fully saturated rings. The molecule has 0 aromatic carbocycles. The molecule has 29 heavy (non-hydrogen) atoms. The molecular formula is C11H16N5O11P2-3. The van der Waals surface area contributed by atoms with Crippen LogP contribution in [0.2, 0.25) is 0 Å². The number of phosphoric acid groups is 2. The third-order valence-electron chi connectivity index (χ3n) is 4.15. The molecule has 18 heteroatoms. The van der Waals surface area contributed by atoms with Crippen molar-refractivity contribution in [3.63, 3.8) is 0 Å². The molecule has 0 bridgehead atoms. The number of aliphatic hydroxyl groups excluding tert-OH is 2. The van der Waals surface area contributed by atoms with Crippen LogP contribution in [0.3, 0.4) is 0 Å². The maximum Gasteiger partial charge on any atom is 0.278 e. The topological polar surface area (TPSA) is 250 Å². The van der Waals surface area contributed by atoms with E-state index in [1.807, 2.05) is 0 Å². The van der Waals surface area contributed by atoms with E-state index in [0.29, 0.717) is 0 Å². The molecule has 164 valence electrons. The SMILES string of the molecule is CN1CN([C@@H]2O[C@H](COP(=O)([O-])OP(=O)([O-])[O-])[C@@H](O)[C@H]2O)c2nc(N)[nH]c(=O)c21. The van der Waals surface area contributed by atoms with Crippen molar-refractivity contribution in [2.24, 2.45) is 0 Å². The number of hydrogen-bond donors (Lipinski definition) is 4. The summed E-state index contributed by atoms with van der Waals surface area (Å²) in [5.74, 6) is -0.144. The molecule has 3 rings (SSSR count). The molecule has 1 saturated heterocycles. The molecule has 0 amide bonds. The standard InChI is InChI=1S/C11H19N5O11P2/c1-15-3-16(8-5(15)9(19)14-11(12)13-8)10-7(18)6(17)4(26-10)2-25-29(23,24)27-28(20,21)22/h4,6-7,10,17-18H,2-3H2,1H3,(H,23,24)(H2,20,21,22)(H3,12,13,14,19)/p-3/t4-,6-,7-,10-/m1/s1. The normalized spacial score (nSPS) is 29.2. The van der Waals surface area contributed by atoms with Gasteiger partial charge in [0.1, 0.15) is 24.0 Å². The van der Waals surface area contributed by atoms with E-state index in [4.69, 9.17) is 10.5 Å². The van der Waals surface area contributed by atoms with Crippen molar-refractivity contribution in [3.05, 3.63) is 10.4 Å². The number of aliphatic hydroxyl groups is 2. The minimum atomic E-state index is -5.88. The fraction of sp³-hybridized carbons (Fsp3) is 0.636. The van der Waals surface area contributed by atoms with Crippen LogP contribution in [0.15, 0.2) is 4.79 Å². The molecule has 3 heterocycles. The molecule has 0 saturated carbocycles. The number of nitrogens with zero attached hydrogens (tertiary/aromatic N) is 3. The van der Waals surface area contributed by atoms with Gasteiger partial charge in [0.2, 0.25) is 5.95 Å². The number of nitrogens with two attached hydrogens (primary N) is 1. The van der Waals surface area contributed by atoms with Crippen LogP contribution in [0, 0.1) is 0 Å². The number of H-pyrrole nitrogens is 1. The Labute approximate surface area is 162 Å². The quantitative estimate of drug-likeness (QED) is 0.294. The van der Waals surface area contributed by atoms with Crippen LogP contribution >= 0.6 is 15.6 Å². The average molecular weight is 456 g/mol. The molecule has 2 aliphatic heterocycles. The Kier molecular flexibility index (Phi) is 5.79. The van der Waals surface area contributed by atoms with E-state index in [2.05, 4.69) is 18.8 Å². The van der Waals surface area contributed by atoms with Gasteiger partial charge >= 0.3 is 0 Å². The Morgan fingerprint density at radius 2 is 2.00 bits per heavy atom. The van der Waals surface area contributed by atoms with Gasteiger partial charge in [-0.1, -0.05) is 0 Å². The number of nitrogen functional groups attached to an aromatic ring is 1. The number of phosphoric ester groups is 1. The van der Waals surface area contributed by atoms with Gasteiger partial charge in [-0.15, -0.1) is 0 Å². The lowest BCUT2D eigenvalue weighted by Crippen LogP contribution is -2.45. The number of aromatic nitrogens is 2. The zero-order chi connectivity index (χ0) is 21.7. The summed E-state index contributed by atoms with van der Waals surface area (Å²) in [4.78, 5) is 53.3. The summed E-state index contributed by atoms with van der Waals surface area (Å²) >= 11 is 0. The lowest BCUT2D eigenvalue weighted by molar-refractivity contribution is -0.339. The second-order valence-electron chi connectivity index (χ2n) is 6.25. The van der Waals surface area contributed by atoms with Gasteiger partial charge in [-0.2, -0.15) is 4.98 Å². The molecule has 0 spiro atoms. The molecule has 2 aliphatic rings. The van der Waals surface area contributed by atoms with E-state index < -0.39 is 52.4 Å². The summed E-state index contributed by atoms with van der Waals surface area (Å²) in [5.41, 5.74) is 5.12. The predicted octanol–water partition coefficient (Wildman–Crippen LogP) is -4.66. The molecular weight excluding hydrogens is 440 g/mol. The molecule has 5 atom stereocenters. The first-order valence-electron chi connectivity index (χ1n) is 7.87. The summed E-state index contributed by atoms with van der Waals surface area (Å²) in [5, 5.41) is 20.4. The van der Waals surface area contributed by atoms with Crippen LogP contribution in [0.5, 0.6) is 0 Å². The molecule has 1 unspecified atom stereocenters. The van der Waals surface area contributed by atoms with Crippen LogP contribution in [0.25, 0.3) is 0 Å². The van der Waals surface area contributed by atoms with Gasteiger partial charge in [-0.05, 0) is 0 Å². The molecule has 1 aromatic heterocycles. The highest BCUT2D eigenvalue weighted by atomic mass is 31.3. The Balaban J connectivity index is 1.75. The van der Waals surface area contributed by atoms with Gasteiger partial charge in [0.25, 0.3) is 13.4 Å². The summed E-state index contributed by atoms with van der Waals surface area (Å²) in [6.45, 7) is -0.952. The van der Waals surface area contributed by atoms with Crippen LogP contribution in [-0.2, 0) is 22.7 Å². The van der Waals surface area contributed by atoms with Crippen molar-refractivity contribution in [2.75, 3.05) is 35.9 Å². The van der Waals surface area contributed by atoms with Gasteiger partial charge in [-0.25, -0.2) is 0 Å². The number of aromatic amines is 1. The second kappa shape index (κ2) is 7.59.